The Labute approximate surface area is 126 Å². The van der Waals surface area contributed by atoms with Crippen LogP contribution in [-0.2, 0) is 9.84 Å². The second kappa shape index (κ2) is 5.98. The Morgan fingerprint density at radius 1 is 1.48 bits per heavy atom. The molecular formula is C12H13ClN2O5S. The van der Waals surface area contributed by atoms with Gasteiger partial charge in [-0.15, -0.1) is 0 Å². The van der Waals surface area contributed by atoms with Gasteiger partial charge in [0.1, 0.15) is 0 Å². The highest BCUT2D eigenvalue weighted by Crippen LogP contribution is 2.23. The summed E-state index contributed by atoms with van der Waals surface area (Å²) in [6, 6.07) is 3.58. The summed E-state index contributed by atoms with van der Waals surface area (Å²) in [4.78, 5) is 21.9. The third-order valence-electron chi connectivity index (χ3n) is 3.29. The monoisotopic (exact) mass is 332 g/mol. The Bertz CT molecular complexity index is 689. The van der Waals surface area contributed by atoms with Crippen molar-refractivity contribution in [2.45, 2.75) is 6.42 Å². The van der Waals surface area contributed by atoms with Crippen molar-refractivity contribution in [1.82, 2.24) is 5.32 Å². The lowest BCUT2D eigenvalue weighted by Crippen LogP contribution is -2.30. The third-order valence-corrected chi connectivity index (χ3v) is 5.44. The number of nitro groups is 1. The smallest absolute Gasteiger partial charge is 0.270 e. The van der Waals surface area contributed by atoms with E-state index in [4.69, 9.17) is 11.6 Å². The minimum Gasteiger partial charge on any atom is -0.352 e. The van der Waals surface area contributed by atoms with Gasteiger partial charge in [-0.2, -0.15) is 0 Å². The number of nitrogens with zero attached hydrogens (tertiary/aromatic N) is 1. The molecule has 1 atom stereocenters. The van der Waals surface area contributed by atoms with Crippen LogP contribution in [0.2, 0.25) is 5.02 Å². The molecule has 1 unspecified atom stereocenters. The Morgan fingerprint density at radius 3 is 2.71 bits per heavy atom. The molecule has 0 radical (unpaired) electrons. The molecule has 2 rings (SSSR count). The van der Waals surface area contributed by atoms with Crippen molar-refractivity contribution in [3.8, 4) is 0 Å². The summed E-state index contributed by atoms with van der Waals surface area (Å²) in [7, 11) is -2.98. The van der Waals surface area contributed by atoms with Crippen molar-refractivity contribution in [2.24, 2.45) is 5.92 Å². The van der Waals surface area contributed by atoms with Gasteiger partial charge in [-0.1, -0.05) is 11.6 Å². The SMILES string of the molecule is O=C(NCC1CCS(=O)(=O)C1)c1ccc([N+](=O)[O-])cc1Cl. The van der Waals surface area contributed by atoms with Crippen molar-refractivity contribution >= 4 is 33.0 Å². The summed E-state index contributed by atoms with van der Waals surface area (Å²) in [6.07, 6.45) is 0.524. The van der Waals surface area contributed by atoms with Gasteiger partial charge in [-0.3, -0.25) is 14.9 Å². The zero-order valence-corrected chi connectivity index (χ0v) is 12.5. The van der Waals surface area contributed by atoms with Crippen LogP contribution in [0.3, 0.4) is 0 Å². The van der Waals surface area contributed by atoms with Gasteiger partial charge in [-0.05, 0) is 18.4 Å². The quantitative estimate of drug-likeness (QED) is 0.662. The predicted octanol–water partition coefficient (Wildman–Crippen LogP) is 1.41. The molecule has 0 saturated carbocycles. The van der Waals surface area contributed by atoms with E-state index in [0.29, 0.717) is 6.42 Å². The van der Waals surface area contributed by atoms with E-state index in [9.17, 15) is 23.3 Å². The molecule has 1 aromatic rings. The van der Waals surface area contributed by atoms with E-state index < -0.39 is 20.7 Å². The topological polar surface area (TPSA) is 106 Å². The summed E-state index contributed by atoms with van der Waals surface area (Å²) < 4.78 is 22.6. The highest BCUT2D eigenvalue weighted by atomic mass is 35.5. The number of carbonyl (C=O) groups is 1. The van der Waals surface area contributed by atoms with Crippen molar-refractivity contribution in [3.05, 3.63) is 38.9 Å². The second-order valence-corrected chi connectivity index (χ2v) is 7.54. The summed E-state index contributed by atoms with van der Waals surface area (Å²) in [5, 5.41) is 13.2. The number of non-ortho nitro benzene ring substituents is 1. The molecule has 7 nitrogen and oxygen atoms in total. The fourth-order valence-electron chi connectivity index (χ4n) is 2.17. The summed E-state index contributed by atoms with van der Waals surface area (Å²) in [5.74, 6) is -0.359. The first-order chi connectivity index (χ1) is 9.78. The molecule has 1 aliphatic rings. The first kappa shape index (κ1) is 15.7. The molecule has 1 N–H and O–H groups in total. The van der Waals surface area contributed by atoms with Crippen molar-refractivity contribution < 1.29 is 18.1 Å². The Kier molecular flexibility index (Phi) is 4.48. The average Bonchev–Trinajstić information content (AvgIpc) is 2.75. The zero-order valence-electron chi connectivity index (χ0n) is 10.9. The van der Waals surface area contributed by atoms with Crippen LogP contribution in [0.1, 0.15) is 16.8 Å². The lowest BCUT2D eigenvalue weighted by molar-refractivity contribution is -0.384. The molecule has 1 heterocycles. The molecule has 1 fully saturated rings. The lowest BCUT2D eigenvalue weighted by atomic mass is 10.1. The van der Waals surface area contributed by atoms with E-state index in [1.54, 1.807) is 0 Å². The van der Waals surface area contributed by atoms with E-state index >= 15 is 0 Å². The molecular weight excluding hydrogens is 320 g/mol. The number of hydrogen-bond donors (Lipinski definition) is 1. The van der Waals surface area contributed by atoms with Gasteiger partial charge in [-0.25, -0.2) is 8.42 Å². The summed E-state index contributed by atoms with van der Waals surface area (Å²) in [6.45, 7) is 0.241. The average molecular weight is 333 g/mol. The number of hydrogen-bond acceptors (Lipinski definition) is 5. The number of rotatable bonds is 4. The standard InChI is InChI=1S/C12H13ClN2O5S/c13-11-5-9(15(17)18)1-2-10(11)12(16)14-6-8-3-4-21(19,20)7-8/h1-2,5,8H,3-4,6-7H2,(H,14,16). The van der Waals surface area contributed by atoms with Crippen LogP contribution in [-0.4, -0.2) is 37.3 Å². The molecule has 1 aliphatic heterocycles. The minimum absolute atomic E-state index is 0.0132. The maximum absolute atomic E-state index is 11.9. The van der Waals surface area contributed by atoms with E-state index in [-0.39, 0.29) is 40.2 Å². The Balaban J connectivity index is 1.99. The van der Waals surface area contributed by atoms with Gasteiger partial charge in [0.05, 0.1) is 27.0 Å². The Hall–Kier alpha value is -1.67. The maximum Gasteiger partial charge on any atom is 0.270 e. The Morgan fingerprint density at radius 2 is 2.19 bits per heavy atom. The molecule has 114 valence electrons. The molecule has 1 aromatic carbocycles. The number of nitrogens with one attached hydrogen (secondary N) is 1. The molecule has 0 aliphatic carbocycles. The highest BCUT2D eigenvalue weighted by molar-refractivity contribution is 7.91. The van der Waals surface area contributed by atoms with Crippen LogP contribution in [0.15, 0.2) is 18.2 Å². The van der Waals surface area contributed by atoms with E-state index in [1.807, 2.05) is 0 Å². The van der Waals surface area contributed by atoms with Crippen LogP contribution in [0.25, 0.3) is 0 Å². The largest absolute Gasteiger partial charge is 0.352 e. The molecule has 21 heavy (non-hydrogen) atoms. The fourth-order valence-corrected chi connectivity index (χ4v) is 4.29. The van der Waals surface area contributed by atoms with Crippen LogP contribution in [0.4, 0.5) is 5.69 Å². The van der Waals surface area contributed by atoms with Crippen molar-refractivity contribution in [1.29, 1.82) is 0 Å². The van der Waals surface area contributed by atoms with Crippen LogP contribution in [0.5, 0.6) is 0 Å². The number of halogens is 1. The first-order valence-corrected chi connectivity index (χ1v) is 8.41. The second-order valence-electron chi connectivity index (χ2n) is 4.90. The van der Waals surface area contributed by atoms with Crippen molar-refractivity contribution in [3.63, 3.8) is 0 Å². The van der Waals surface area contributed by atoms with Gasteiger partial charge in [0, 0.05) is 18.7 Å². The highest BCUT2D eigenvalue weighted by Gasteiger charge is 2.28. The van der Waals surface area contributed by atoms with Crippen LogP contribution < -0.4 is 5.32 Å². The number of benzene rings is 1. The van der Waals surface area contributed by atoms with Gasteiger partial charge < -0.3 is 5.32 Å². The third kappa shape index (κ3) is 3.92. The number of carbonyl (C=O) groups excluding carboxylic acids is 1. The van der Waals surface area contributed by atoms with Gasteiger partial charge in [0.15, 0.2) is 9.84 Å². The van der Waals surface area contributed by atoms with E-state index in [0.717, 1.165) is 6.07 Å². The summed E-state index contributed by atoms with van der Waals surface area (Å²) >= 11 is 5.85. The molecule has 0 bridgehead atoms. The normalized spacial score (nSPS) is 20.1. The van der Waals surface area contributed by atoms with Crippen molar-refractivity contribution in [2.75, 3.05) is 18.1 Å². The minimum atomic E-state index is -2.98. The van der Waals surface area contributed by atoms with E-state index in [1.165, 1.54) is 12.1 Å². The maximum atomic E-state index is 11.9. The predicted molar refractivity (Wildman–Crippen MR) is 77.2 cm³/mol. The number of nitro benzene ring substituents is 1. The molecule has 0 aromatic heterocycles. The van der Waals surface area contributed by atoms with Crippen LogP contribution in [0, 0.1) is 16.0 Å². The number of sulfone groups is 1. The molecule has 1 amide bonds. The van der Waals surface area contributed by atoms with Gasteiger partial charge in [0.2, 0.25) is 0 Å². The van der Waals surface area contributed by atoms with E-state index in [2.05, 4.69) is 5.32 Å². The van der Waals surface area contributed by atoms with Gasteiger partial charge >= 0.3 is 0 Å². The zero-order chi connectivity index (χ0) is 15.6. The number of amides is 1. The first-order valence-electron chi connectivity index (χ1n) is 6.21. The molecule has 9 heteroatoms. The summed E-state index contributed by atoms with van der Waals surface area (Å²) in [5.41, 5.74) is -0.0680. The van der Waals surface area contributed by atoms with Crippen LogP contribution >= 0.6 is 11.6 Å². The molecule has 1 saturated heterocycles. The fraction of sp³-hybridized carbons (Fsp3) is 0.417. The molecule has 0 spiro atoms. The van der Waals surface area contributed by atoms with Gasteiger partial charge in [0.25, 0.3) is 11.6 Å². The lowest BCUT2D eigenvalue weighted by Gasteiger charge is -2.10.